The Morgan fingerprint density at radius 2 is 1.81 bits per heavy atom. The van der Waals surface area contributed by atoms with Crippen LogP contribution in [0.5, 0.6) is 0 Å². The summed E-state index contributed by atoms with van der Waals surface area (Å²) in [5.41, 5.74) is 1.13. The van der Waals surface area contributed by atoms with Crippen molar-refractivity contribution < 1.29 is 8.42 Å². The molecule has 120 valence electrons. The van der Waals surface area contributed by atoms with Gasteiger partial charge in [0.2, 0.25) is 10.0 Å². The highest BCUT2D eigenvalue weighted by atomic mass is 32.2. The van der Waals surface area contributed by atoms with Crippen molar-refractivity contribution in [3.05, 3.63) is 11.4 Å². The third kappa shape index (κ3) is 3.46. The van der Waals surface area contributed by atoms with Gasteiger partial charge in [-0.2, -0.15) is 9.40 Å². The molecule has 1 aromatic rings. The van der Waals surface area contributed by atoms with Crippen LogP contribution in [0, 0.1) is 13.8 Å². The topological polar surface area (TPSA) is 69.3 Å². The van der Waals surface area contributed by atoms with Gasteiger partial charge in [0, 0.05) is 26.2 Å². The molecule has 0 spiro atoms. The lowest BCUT2D eigenvalue weighted by atomic mass is 10.2. The van der Waals surface area contributed by atoms with Crippen molar-refractivity contribution in [2.24, 2.45) is 0 Å². The zero-order valence-corrected chi connectivity index (χ0v) is 14.2. The number of H-pyrrole nitrogens is 1. The highest BCUT2D eigenvalue weighted by Crippen LogP contribution is 2.23. The lowest BCUT2D eigenvalue weighted by Gasteiger charge is -2.26. The molecule has 7 heteroatoms. The van der Waals surface area contributed by atoms with Gasteiger partial charge >= 0.3 is 0 Å². The number of hydrogen-bond acceptors (Lipinski definition) is 4. The molecule has 1 aliphatic carbocycles. The Morgan fingerprint density at radius 1 is 1.19 bits per heavy atom. The third-order valence-corrected chi connectivity index (χ3v) is 6.57. The fraction of sp³-hybridized carbons (Fsp3) is 0.786. The summed E-state index contributed by atoms with van der Waals surface area (Å²) in [6, 6.07) is 0.610. The molecule has 0 amide bonds. The SMILES string of the molecule is Cc1n[nH]c(C)c1S(=O)(=O)N(C)CCN(C)C1CCCC1. The Hall–Kier alpha value is -0.920. The average molecular weight is 314 g/mol. The van der Waals surface area contributed by atoms with Gasteiger partial charge in [-0.05, 0) is 33.7 Å². The molecule has 1 N–H and O–H groups in total. The highest BCUT2D eigenvalue weighted by molar-refractivity contribution is 7.89. The molecule has 1 fully saturated rings. The fourth-order valence-corrected chi connectivity index (χ4v) is 4.51. The molecule has 0 aliphatic heterocycles. The second-order valence-electron chi connectivity index (χ2n) is 6.01. The van der Waals surface area contributed by atoms with Gasteiger partial charge in [0.05, 0.1) is 11.4 Å². The molecule has 2 rings (SSSR count). The molecule has 1 aromatic heterocycles. The first-order chi connectivity index (χ1) is 9.84. The van der Waals surface area contributed by atoms with Crippen molar-refractivity contribution in [2.75, 3.05) is 27.2 Å². The number of nitrogens with zero attached hydrogens (tertiary/aromatic N) is 3. The summed E-state index contributed by atoms with van der Waals surface area (Å²) in [4.78, 5) is 2.60. The molecule has 1 saturated carbocycles. The van der Waals surface area contributed by atoms with E-state index in [9.17, 15) is 8.42 Å². The van der Waals surface area contributed by atoms with Crippen LogP contribution in [-0.4, -0.2) is 61.0 Å². The van der Waals surface area contributed by atoms with Crippen molar-refractivity contribution in [3.8, 4) is 0 Å². The standard InChI is InChI=1S/C14H26N4O2S/c1-11-14(12(2)16-15-11)21(19,20)18(4)10-9-17(3)13-7-5-6-8-13/h13H,5-10H2,1-4H3,(H,15,16). The van der Waals surface area contributed by atoms with Crippen LogP contribution < -0.4 is 0 Å². The minimum Gasteiger partial charge on any atom is -0.302 e. The molecule has 21 heavy (non-hydrogen) atoms. The smallest absolute Gasteiger partial charge is 0.246 e. The Labute approximate surface area is 127 Å². The molecule has 0 radical (unpaired) electrons. The van der Waals surface area contributed by atoms with E-state index in [2.05, 4.69) is 22.1 Å². The Bertz CT molecular complexity index is 556. The highest BCUT2D eigenvalue weighted by Gasteiger charge is 2.27. The van der Waals surface area contributed by atoms with E-state index in [0.29, 0.717) is 28.9 Å². The van der Waals surface area contributed by atoms with E-state index in [1.165, 1.54) is 30.0 Å². The minimum absolute atomic E-state index is 0.313. The predicted octanol–water partition coefficient (Wildman–Crippen LogP) is 1.52. The molecule has 0 atom stereocenters. The van der Waals surface area contributed by atoms with E-state index in [0.717, 1.165) is 6.54 Å². The number of nitrogens with one attached hydrogen (secondary N) is 1. The minimum atomic E-state index is -3.46. The Kier molecular flexibility index (Phi) is 5.06. The van der Waals surface area contributed by atoms with Crippen LogP contribution in [0.1, 0.15) is 37.1 Å². The lowest BCUT2D eigenvalue weighted by Crippen LogP contribution is -2.38. The van der Waals surface area contributed by atoms with Gasteiger partial charge in [0.15, 0.2) is 0 Å². The van der Waals surface area contributed by atoms with Crippen LogP contribution in [0.4, 0.5) is 0 Å². The van der Waals surface area contributed by atoms with Gasteiger partial charge in [0.1, 0.15) is 4.90 Å². The molecular formula is C14H26N4O2S. The number of aromatic nitrogens is 2. The van der Waals surface area contributed by atoms with Crippen LogP contribution in [0.25, 0.3) is 0 Å². The van der Waals surface area contributed by atoms with Crippen molar-refractivity contribution in [3.63, 3.8) is 0 Å². The van der Waals surface area contributed by atoms with Crippen molar-refractivity contribution in [1.29, 1.82) is 0 Å². The quantitative estimate of drug-likeness (QED) is 0.864. The van der Waals surface area contributed by atoms with Crippen LogP contribution in [-0.2, 0) is 10.0 Å². The average Bonchev–Trinajstić information content (AvgIpc) is 3.05. The van der Waals surface area contributed by atoms with Gasteiger partial charge in [-0.25, -0.2) is 8.42 Å². The van der Waals surface area contributed by atoms with Crippen LogP contribution in [0.2, 0.25) is 0 Å². The van der Waals surface area contributed by atoms with Gasteiger partial charge in [-0.3, -0.25) is 5.10 Å². The number of rotatable bonds is 6. The Morgan fingerprint density at radius 3 is 2.33 bits per heavy atom. The zero-order valence-electron chi connectivity index (χ0n) is 13.4. The maximum absolute atomic E-state index is 12.6. The van der Waals surface area contributed by atoms with Crippen LogP contribution in [0.15, 0.2) is 4.90 Å². The molecule has 1 heterocycles. The molecular weight excluding hydrogens is 288 g/mol. The number of aryl methyl sites for hydroxylation is 2. The first-order valence-corrected chi connectivity index (χ1v) is 8.96. The lowest BCUT2D eigenvalue weighted by molar-refractivity contribution is 0.233. The first kappa shape index (κ1) is 16.5. The summed E-state index contributed by atoms with van der Waals surface area (Å²) in [6.07, 6.45) is 5.03. The van der Waals surface area contributed by atoms with Gasteiger partial charge < -0.3 is 4.90 Å². The third-order valence-electron chi connectivity index (χ3n) is 4.44. The summed E-state index contributed by atoms with van der Waals surface area (Å²) in [5, 5.41) is 6.72. The van der Waals surface area contributed by atoms with Crippen molar-refractivity contribution >= 4 is 10.0 Å². The van der Waals surface area contributed by atoms with E-state index < -0.39 is 10.0 Å². The monoisotopic (exact) mass is 314 g/mol. The molecule has 0 aromatic carbocycles. The first-order valence-electron chi connectivity index (χ1n) is 7.52. The maximum Gasteiger partial charge on any atom is 0.246 e. The molecule has 1 aliphatic rings. The summed E-state index contributed by atoms with van der Waals surface area (Å²) >= 11 is 0. The summed E-state index contributed by atoms with van der Waals surface area (Å²) in [6.45, 7) is 4.72. The largest absolute Gasteiger partial charge is 0.302 e. The fourth-order valence-electron chi connectivity index (χ4n) is 3.02. The van der Waals surface area contributed by atoms with Gasteiger partial charge in [-0.1, -0.05) is 12.8 Å². The van der Waals surface area contributed by atoms with Crippen molar-refractivity contribution in [2.45, 2.75) is 50.5 Å². The second-order valence-corrected chi connectivity index (χ2v) is 7.99. The summed E-state index contributed by atoms with van der Waals surface area (Å²) in [5.74, 6) is 0. The van der Waals surface area contributed by atoms with E-state index in [4.69, 9.17) is 0 Å². The van der Waals surface area contributed by atoms with E-state index in [1.807, 2.05) is 0 Å². The molecule has 6 nitrogen and oxygen atoms in total. The number of aromatic amines is 1. The normalized spacial score (nSPS) is 17.2. The summed E-state index contributed by atoms with van der Waals surface area (Å²) < 4.78 is 26.7. The van der Waals surface area contributed by atoms with Crippen LogP contribution >= 0.6 is 0 Å². The number of likely N-dealkylation sites (N-methyl/N-ethyl adjacent to an activating group) is 2. The van der Waals surface area contributed by atoms with Crippen molar-refractivity contribution in [1.82, 2.24) is 19.4 Å². The van der Waals surface area contributed by atoms with Gasteiger partial charge in [0.25, 0.3) is 0 Å². The zero-order chi connectivity index (χ0) is 15.6. The second kappa shape index (κ2) is 6.46. The van der Waals surface area contributed by atoms with Crippen LogP contribution in [0.3, 0.4) is 0 Å². The maximum atomic E-state index is 12.6. The van der Waals surface area contributed by atoms with E-state index >= 15 is 0 Å². The molecule has 0 bridgehead atoms. The van der Waals surface area contributed by atoms with Gasteiger partial charge in [-0.15, -0.1) is 0 Å². The molecule has 0 saturated heterocycles. The van der Waals surface area contributed by atoms with E-state index in [-0.39, 0.29) is 0 Å². The predicted molar refractivity (Wildman–Crippen MR) is 82.8 cm³/mol. The molecule has 0 unspecified atom stereocenters. The number of sulfonamides is 1. The summed E-state index contributed by atoms with van der Waals surface area (Å²) in [7, 11) is 0.267. The Balaban J connectivity index is 2.00. The van der Waals surface area contributed by atoms with E-state index in [1.54, 1.807) is 20.9 Å². The number of hydrogen-bond donors (Lipinski definition) is 1.